The summed E-state index contributed by atoms with van der Waals surface area (Å²) in [5, 5.41) is 7.70. The number of carbonyl (C=O) groups is 1. The van der Waals surface area contributed by atoms with E-state index in [2.05, 4.69) is 32.7 Å². The number of hydrogen-bond donors (Lipinski definition) is 2. The highest BCUT2D eigenvalue weighted by Gasteiger charge is 2.28. The Labute approximate surface area is 177 Å². The van der Waals surface area contributed by atoms with Crippen LogP contribution in [0.2, 0.25) is 0 Å². The van der Waals surface area contributed by atoms with E-state index in [1.165, 1.54) is 7.11 Å². The van der Waals surface area contributed by atoms with Crippen LogP contribution in [0.4, 0.5) is 5.69 Å². The van der Waals surface area contributed by atoms with Gasteiger partial charge < -0.3 is 19.5 Å². The van der Waals surface area contributed by atoms with Gasteiger partial charge in [-0.05, 0) is 50.5 Å². The lowest BCUT2D eigenvalue weighted by atomic mass is 9.98. The Morgan fingerprint density at radius 1 is 1.34 bits per heavy atom. The molecule has 2 N–H and O–H groups in total. The molecule has 1 aromatic rings. The number of nitrogens with one attached hydrogen (secondary N) is 2. The lowest BCUT2D eigenvalue weighted by Gasteiger charge is -2.32. The van der Waals surface area contributed by atoms with E-state index in [0.29, 0.717) is 18.1 Å². The number of allylic oxidation sites excluding steroid dienone is 2. The monoisotopic (exact) mass is 419 g/mol. The number of methoxy groups -OCH3 is 1. The van der Waals surface area contributed by atoms with Crippen LogP contribution in [-0.4, -0.2) is 43.4 Å². The maximum Gasteiger partial charge on any atom is 0.305 e. The molecule has 0 spiro atoms. The van der Waals surface area contributed by atoms with Crippen LogP contribution >= 0.6 is 12.2 Å². The van der Waals surface area contributed by atoms with Gasteiger partial charge in [0.2, 0.25) is 0 Å². The molecule has 0 unspecified atom stereocenters. The molecule has 1 aliphatic rings. The fraction of sp³-hybridized carbons (Fsp3) is 0.476. The number of hydrogen-bond acceptors (Lipinski definition) is 6. The number of rotatable bonds is 9. The molecule has 7 nitrogen and oxygen atoms in total. The largest absolute Gasteiger partial charge is 0.469 e. The molecule has 8 heteroatoms. The number of nitrogens with zero attached hydrogens (tertiary/aromatic N) is 1. The van der Waals surface area contributed by atoms with Gasteiger partial charge in [0, 0.05) is 18.0 Å². The molecule has 0 radical (unpaired) electrons. The summed E-state index contributed by atoms with van der Waals surface area (Å²) < 4.78 is 16.1. The number of ether oxygens (including phenoxy) is 3. The van der Waals surface area contributed by atoms with Crippen molar-refractivity contribution in [2.45, 2.75) is 45.0 Å². The third-order valence-electron chi connectivity index (χ3n) is 4.36. The third-order valence-corrected chi connectivity index (χ3v) is 4.56. The van der Waals surface area contributed by atoms with Crippen LogP contribution in [0.15, 0.2) is 47.6 Å². The lowest BCUT2D eigenvalue weighted by molar-refractivity contribution is -0.206. The molecule has 158 valence electrons. The zero-order valence-corrected chi connectivity index (χ0v) is 17.7. The number of para-hydroxylation sites is 1. The molecule has 1 fully saturated rings. The van der Waals surface area contributed by atoms with Gasteiger partial charge >= 0.3 is 5.97 Å². The van der Waals surface area contributed by atoms with Crippen LogP contribution in [0.3, 0.4) is 0 Å². The van der Waals surface area contributed by atoms with Crippen LogP contribution in [0.25, 0.3) is 0 Å². The number of thiocarbonyl (C=S) groups is 1. The third kappa shape index (κ3) is 9.17. The Hall–Kier alpha value is -2.29. The SMILES string of the molecule is COC(=O)CCC/C=C\C[C@H]1CO[C@@H](C)O[C@H]1C=NNC(=S)Nc1ccccc1. The predicted octanol–water partition coefficient (Wildman–Crippen LogP) is 3.63. The number of esters is 1. The molecule has 0 bridgehead atoms. The van der Waals surface area contributed by atoms with Crippen molar-refractivity contribution >= 4 is 35.2 Å². The number of anilines is 1. The fourth-order valence-corrected chi connectivity index (χ4v) is 2.96. The maximum atomic E-state index is 11.1. The van der Waals surface area contributed by atoms with Crippen LogP contribution in [0.1, 0.15) is 32.6 Å². The zero-order chi connectivity index (χ0) is 20.9. The average Bonchev–Trinajstić information content (AvgIpc) is 2.72. The first-order chi connectivity index (χ1) is 14.1. The molecule has 29 heavy (non-hydrogen) atoms. The van der Waals surface area contributed by atoms with Gasteiger partial charge in [-0.15, -0.1) is 0 Å². The molecular weight excluding hydrogens is 390 g/mol. The Bertz CT molecular complexity index is 696. The molecule has 1 saturated heterocycles. The van der Waals surface area contributed by atoms with Gasteiger partial charge in [0.15, 0.2) is 11.4 Å². The Kier molecular flexibility index (Phi) is 10.3. The molecule has 1 aromatic carbocycles. The van der Waals surface area contributed by atoms with Crippen molar-refractivity contribution in [3.8, 4) is 0 Å². The molecule has 0 amide bonds. The van der Waals surface area contributed by atoms with Crippen LogP contribution in [-0.2, 0) is 19.0 Å². The van der Waals surface area contributed by atoms with Crippen molar-refractivity contribution in [2.75, 3.05) is 19.0 Å². The highest BCUT2D eigenvalue weighted by Crippen LogP contribution is 2.21. The molecule has 2 rings (SSSR count). The molecule has 1 heterocycles. The minimum atomic E-state index is -0.277. The van der Waals surface area contributed by atoms with Crippen LogP contribution in [0, 0.1) is 5.92 Å². The summed E-state index contributed by atoms with van der Waals surface area (Å²) in [6, 6.07) is 9.65. The van der Waals surface area contributed by atoms with Crippen molar-refractivity contribution in [1.29, 1.82) is 0 Å². The van der Waals surface area contributed by atoms with E-state index in [1.807, 2.05) is 37.3 Å². The Balaban J connectivity index is 1.77. The predicted molar refractivity (Wildman–Crippen MR) is 118 cm³/mol. The van der Waals surface area contributed by atoms with E-state index in [1.54, 1.807) is 6.21 Å². The summed E-state index contributed by atoms with van der Waals surface area (Å²) in [4.78, 5) is 11.1. The fourth-order valence-electron chi connectivity index (χ4n) is 2.79. The molecule has 3 atom stereocenters. The van der Waals surface area contributed by atoms with Crippen LogP contribution < -0.4 is 10.7 Å². The number of carbonyl (C=O) groups excluding carboxylic acids is 1. The summed E-state index contributed by atoms with van der Waals surface area (Å²) in [6.45, 7) is 2.46. The lowest BCUT2D eigenvalue weighted by Crippen LogP contribution is -2.40. The molecule has 0 aromatic heterocycles. The van der Waals surface area contributed by atoms with Gasteiger partial charge in [0.1, 0.15) is 6.10 Å². The quantitative estimate of drug-likeness (QED) is 0.158. The van der Waals surface area contributed by atoms with Crippen molar-refractivity contribution < 1.29 is 19.0 Å². The molecular formula is C21H29N3O4S. The Morgan fingerprint density at radius 2 is 2.14 bits per heavy atom. The van der Waals surface area contributed by atoms with E-state index in [-0.39, 0.29) is 24.3 Å². The Morgan fingerprint density at radius 3 is 2.90 bits per heavy atom. The molecule has 1 aliphatic heterocycles. The van der Waals surface area contributed by atoms with Crippen molar-refractivity contribution in [1.82, 2.24) is 5.43 Å². The van der Waals surface area contributed by atoms with E-state index >= 15 is 0 Å². The van der Waals surface area contributed by atoms with Gasteiger partial charge in [-0.2, -0.15) is 5.10 Å². The number of unbranched alkanes of at least 4 members (excludes halogenated alkanes) is 1. The van der Waals surface area contributed by atoms with Gasteiger partial charge in [-0.3, -0.25) is 10.2 Å². The highest BCUT2D eigenvalue weighted by atomic mass is 32.1. The highest BCUT2D eigenvalue weighted by molar-refractivity contribution is 7.80. The first-order valence-electron chi connectivity index (χ1n) is 9.72. The van der Waals surface area contributed by atoms with Gasteiger partial charge in [0.25, 0.3) is 0 Å². The van der Waals surface area contributed by atoms with E-state index in [9.17, 15) is 4.79 Å². The zero-order valence-electron chi connectivity index (χ0n) is 16.9. The van der Waals surface area contributed by atoms with Gasteiger partial charge in [-0.1, -0.05) is 30.4 Å². The minimum absolute atomic E-state index is 0.157. The number of benzene rings is 1. The number of hydrazone groups is 1. The van der Waals surface area contributed by atoms with Crippen molar-refractivity contribution in [3.63, 3.8) is 0 Å². The maximum absolute atomic E-state index is 11.1. The second-order valence-electron chi connectivity index (χ2n) is 6.65. The van der Waals surface area contributed by atoms with E-state index in [0.717, 1.165) is 24.9 Å². The van der Waals surface area contributed by atoms with E-state index < -0.39 is 0 Å². The molecule has 0 aliphatic carbocycles. The summed E-state index contributed by atoms with van der Waals surface area (Å²) in [7, 11) is 1.41. The second-order valence-corrected chi connectivity index (χ2v) is 7.06. The minimum Gasteiger partial charge on any atom is -0.469 e. The molecule has 0 saturated carbocycles. The summed E-state index contributed by atoms with van der Waals surface area (Å²) in [6.07, 6.45) is 8.30. The smallest absolute Gasteiger partial charge is 0.305 e. The summed E-state index contributed by atoms with van der Waals surface area (Å²) >= 11 is 5.25. The van der Waals surface area contributed by atoms with E-state index in [4.69, 9.17) is 21.7 Å². The first kappa shape index (κ1) is 23.0. The summed E-state index contributed by atoms with van der Waals surface area (Å²) in [5.74, 6) is -0.0193. The van der Waals surface area contributed by atoms with Gasteiger partial charge in [0.05, 0.1) is 19.9 Å². The topological polar surface area (TPSA) is 81.2 Å². The first-order valence-corrected chi connectivity index (χ1v) is 10.1. The summed E-state index contributed by atoms with van der Waals surface area (Å²) in [5.41, 5.74) is 3.72. The second kappa shape index (κ2) is 13.0. The average molecular weight is 420 g/mol. The van der Waals surface area contributed by atoms with Crippen molar-refractivity contribution in [3.05, 3.63) is 42.5 Å². The van der Waals surface area contributed by atoms with Gasteiger partial charge in [-0.25, -0.2) is 0 Å². The van der Waals surface area contributed by atoms with Crippen molar-refractivity contribution in [2.24, 2.45) is 11.0 Å². The van der Waals surface area contributed by atoms with Crippen LogP contribution in [0.5, 0.6) is 0 Å². The normalized spacial score (nSPS) is 21.9. The standard InChI is InChI=1S/C21H29N3O4S/c1-16-27-15-17(10-6-3-4-9-13-20(25)26-2)19(28-16)14-22-24-21(29)23-18-11-7-5-8-12-18/h3,5-8,11-12,14,16-17,19H,4,9-10,13,15H2,1-2H3,(H2,23,24,29)/b6-3-,22-14?/t16-,17+,19+/m1/s1.